The first-order valence-corrected chi connectivity index (χ1v) is 8.31. The van der Waals surface area contributed by atoms with Crippen LogP contribution in [-0.4, -0.2) is 41.0 Å². The predicted molar refractivity (Wildman–Crippen MR) is 92.2 cm³/mol. The lowest BCUT2D eigenvalue weighted by molar-refractivity contribution is 0.0952. The molecule has 0 radical (unpaired) electrons. The van der Waals surface area contributed by atoms with Gasteiger partial charge in [-0.15, -0.1) is 6.58 Å². The summed E-state index contributed by atoms with van der Waals surface area (Å²) < 4.78 is 7.82. The Morgan fingerprint density at radius 3 is 2.91 bits per heavy atom. The average Bonchev–Trinajstić information content (AvgIpc) is 2.93. The summed E-state index contributed by atoms with van der Waals surface area (Å²) in [4.78, 5) is 2.52. The summed E-state index contributed by atoms with van der Waals surface area (Å²) in [7, 11) is 0. The highest BCUT2D eigenvalue weighted by atomic mass is 16.5. The highest BCUT2D eigenvalue weighted by Gasteiger charge is 2.22. The third kappa shape index (κ3) is 4.53. The van der Waals surface area contributed by atoms with Gasteiger partial charge in [-0.05, 0) is 18.1 Å². The lowest BCUT2D eigenvalue weighted by atomic mass is 10.1. The Hall–Kier alpha value is -1.91. The molecule has 2 aromatic rings. The monoisotopic (exact) mass is 311 g/mol. The van der Waals surface area contributed by atoms with Gasteiger partial charge in [0.25, 0.3) is 0 Å². The van der Waals surface area contributed by atoms with Crippen LogP contribution in [-0.2, 0) is 24.2 Å². The summed E-state index contributed by atoms with van der Waals surface area (Å²) in [6, 6.07) is 12.8. The van der Waals surface area contributed by atoms with Gasteiger partial charge >= 0.3 is 0 Å². The van der Waals surface area contributed by atoms with Crippen molar-refractivity contribution < 1.29 is 4.74 Å². The van der Waals surface area contributed by atoms with E-state index in [1.807, 2.05) is 12.3 Å². The molecule has 0 N–H and O–H groups in total. The molecule has 0 saturated carbocycles. The van der Waals surface area contributed by atoms with Crippen molar-refractivity contribution >= 4 is 0 Å². The molecule has 23 heavy (non-hydrogen) atoms. The Morgan fingerprint density at radius 2 is 2.09 bits per heavy atom. The molecule has 4 nitrogen and oxygen atoms in total. The maximum Gasteiger partial charge on any atom is 0.0645 e. The highest BCUT2D eigenvalue weighted by molar-refractivity contribution is 5.15. The smallest absolute Gasteiger partial charge is 0.0645 e. The molecule has 0 saturated heterocycles. The second kappa shape index (κ2) is 8.09. The molecule has 4 heteroatoms. The lowest BCUT2D eigenvalue weighted by Crippen LogP contribution is -2.32. The van der Waals surface area contributed by atoms with Gasteiger partial charge in [-0.1, -0.05) is 36.4 Å². The minimum atomic E-state index is 0.465. The number of fused-ring (bicyclic) bond motifs is 1. The number of hydrogen-bond donors (Lipinski definition) is 0. The zero-order chi connectivity index (χ0) is 15.9. The van der Waals surface area contributed by atoms with E-state index in [0.717, 1.165) is 39.2 Å². The fraction of sp³-hybridized carbons (Fsp3) is 0.421. The van der Waals surface area contributed by atoms with Gasteiger partial charge in [0.15, 0.2) is 0 Å². The number of hydrogen-bond acceptors (Lipinski definition) is 3. The largest absolute Gasteiger partial charge is 0.377 e. The summed E-state index contributed by atoms with van der Waals surface area (Å²) in [6.45, 7) is 9.10. The van der Waals surface area contributed by atoms with Crippen molar-refractivity contribution in [2.75, 3.05) is 26.3 Å². The second-order valence-electron chi connectivity index (χ2n) is 6.17. The van der Waals surface area contributed by atoms with Crippen molar-refractivity contribution in [1.29, 1.82) is 0 Å². The molecular formula is C19H25N3O. The number of benzene rings is 1. The summed E-state index contributed by atoms with van der Waals surface area (Å²) >= 11 is 0. The van der Waals surface area contributed by atoms with E-state index in [2.05, 4.69) is 57.7 Å². The molecule has 0 amide bonds. The summed E-state index contributed by atoms with van der Waals surface area (Å²) in [5.74, 6) is 0.465. The molecule has 1 atom stereocenters. The molecule has 0 aliphatic carbocycles. The third-order valence-corrected chi connectivity index (χ3v) is 4.29. The van der Waals surface area contributed by atoms with Gasteiger partial charge in [0, 0.05) is 38.3 Å². The second-order valence-corrected chi connectivity index (χ2v) is 6.17. The molecule has 3 rings (SSSR count). The van der Waals surface area contributed by atoms with E-state index in [1.165, 1.54) is 11.3 Å². The molecule has 1 aliphatic heterocycles. The molecule has 1 aromatic carbocycles. The lowest BCUT2D eigenvalue weighted by Gasteiger charge is -2.23. The molecule has 0 fully saturated rings. The molecular weight excluding hydrogens is 286 g/mol. The molecule has 2 heterocycles. The minimum Gasteiger partial charge on any atom is -0.377 e. The van der Waals surface area contributed by atoms with Crippen molar-refractivity contribution in [2.45, 2.75) is 19.5 Å². The van der Waals surface area contributed by atoms with Crippen LogP contribution in [0.1, 0.15) is 11.3 Å². The molecule has 1 aliphatic rings. The van der Waals surface area contributed by atoms with E-state index >= 15 is 0 Å². The zero-order valence-electron chi connectivity index (χ0n) is 13.6. The number of ether oxygens (including phenoxy) is 1. The molecule has 0 bridgehead atoms. The van der Waals surface area contributed by atoms with Crippen LogP contribution in [0.25, 0.3) is 0 Å². The average molecular weight is 311 g/mol. The van der Waals surface area contributed by atoms with Crippen LogP contribution in [0.3, 0.4) is 0 Å². The Balaban J connectivity index is 1.63. The van der Waals surface area contributed by atoms with Crippen LogP contribution >= 0.6 is 0 Å². The Labute approximate surface area is 138 Å². The van der Waals surface area contributed by atoms with Crippen LogP contribution in [0, 0.1) is 5.92 Å². The standard InChI is InChI=1S/C19H25N3O/c1-2-12-23-16-18-13-21(11-9-17-6-4-3-5-7-17)15-19-8-10-20-22(19)14-18/h2-8,10,18H,1,9,11-16H2. The van der Waals surface area contributed by atoms with E-state index < -0.39 is 0 Å². The first-order chi connectivity index (χ1) is 11.3. The van der Waals surface area contributed by atoms with Gasteiger partial charge in [-0.3, -0.25) is 9.58 Å². The predicted octanol–water partition coefficient (Wildman–Crippen LogP) is 2.76. The van der Waals surface area contributed by atoms with Crippen LogP contribution in [0.5, 0.6) is 0 Å². The molecule has 122 valence electrons. The van der Waals surface area contributed by atoms with Crippen LogP contribution in [0.15, 0.2) is 55.3 Å². The van der Waals surface area contributed by atoms with Crippen LogP contribution in [0.4, 0.5) is 0 Å². The van der Waals surface area contributed by atoms with Gasteiger partial charge in [0.1, 0.15) is 0 Å². The van der Waals surface area contributed by atoms with Crippen molar-refractivity contribution in [3.63, 3.8) is 0 Å². The van der Waals surface area contributed by atoms with Crippen molar-refractivity contribution in [3.05, 3.63) is 66.5 Å². The summed E-state index contributed by atoms with van der Waals surface area (Å²) in [6.07, 6.45) is 4.79. The Bertz CT molecular complexity index is 608. The first-order valence-electron chi connectivity index (χ1n) is 8.31. The number of rotatable bonds is 7. The Morgan fingerprint density at radius 1 is 1.22 bits per heavy atom. The molecule has 1 aromatic heterocycles. The van der Waals surface area contributed by atoms with E-state index in [-0.39, 0.29) is 0 Å². The summed E-state index contributed by atoms with van der Waals surface area (Å²) in [5, 5.41) is 4.46. The maximum atomic E-state index is 5.69. The fourth-order valence-electron chi connectivity index (χ4n) is 3.15. The number of aromatic nitrogens is 2. The molecule has 1 unspecified atom stereocenters. The number of nitrogens with zero attached hydrogens (tertiary/aromatic N) is 3. The summed E-state index contributed by atoms with van der Waals surface area (Å²) in [5.41, 5.74) is 2.69. The van der Waals surface area contributed by atoms with Gasteiger partial charge in [-0.25, -0.2) is 0 Å². The zero-order valence-corrected chi connectivity index (χ0v) is 13.6. The van der Waals surface area contributed by atoms with Gasteiger partial charge in [0.05, 0.1) is 18.9 Å². The maximum absolute atomic E-state index is 5.69. The van der Waals surface area contributed by atoms with E-state index in [0.29, 0.717) is 12.5 Å². The Kier molecular flexibility index (Phi) is 5.61. The van der Waals surface area contributed by atoms with Crippen LogP contribution in [0.2, 0.25) is 0 Å². The van der Waals surface area contributed by atoms with Gasteiger partial charge in [0.2, 0.25) is 0 Å². The van der Waals surface area contributed by atoms with E-state index in [1.54, 1.807) is 0 Å². The van der Waals surface area contributed by atoms with Crippen molar-refractivity contribution in [1.82, 2.24) is 14.7 Å². The quantitative estimate of drug-likeness (QED) is 0.582. The minimum absolute atomic E-state index is 0.465. The van der Waals surface area contributed by atoms with Gasteiger partial charge < -0.3 is 4.74 Å². The molecule has 0 spiro atoms. The highest BCUT2D eigenvalue weighted by Crippen LogP contribution is 2.17. The van der Waals surface area contributed by atoms with Crippen LogP contribution < -0.4 is 0 Å². The SMILES string of the molecule is C=CCOCC1CN(CCc2ccccc2)Cc2ccnn2C1. The normalized spacial score (nSPS) is 18.3. The van der Waals surface area contributed by atoms with Crippen molar-refractivity contribution in [3.8, 4) is 0 Å². The van der Waals surface area contributed by atoms with E-state index in [9.17, 15) is 0 Å². The topological polar surface area (TPSA) is 30.3 Å². The third-order valence-electron chi connectivity index (χ3n) is 4.29. The fourth-order valence-corrected chi connectivity index (χ4v) is 3.15. The van der Waals surface area contributed by atoms with E-state index in [4.69, 9.17) is 4.74 Å². The first kappa shape index (κ1) is 16.0. The van der Waals surface area contributed by atoms with Gasteiger partial charge in [-0.2, -0.15) is 5.10 Å². The van der Waals surface area contributed by atoms with Crippen molar-refractivity contribution in [2.24, 2.45) is 5.92 Å².